The molecule has 0 spiro atoms. The molecular weight excluding hydrogens is 230 g/mol. The maximum atomic E-state index is 12.1. The molecule has 1 atom stereocenters. The van der Waals surface area contributed by atoms with E-state index < -0.39 is 30.0 Å². The van der Waals surface area contributed by atoms with Crippen LogP contribution in [0.2, 0.25) is 0 Å². The monoisotopic (exact) mass is 232 g/mol. The van der Waals surface area contributed by atoms with Crippen molar-refractivity contribution >= 4 is 6.03 Å². The van der Waals surface area contributed by atoms with Gasteiger partial charge in [0, 0.05) is 6.20 Å². The van der Waals surface area contributed by atoms with Gasteiger partial charge in [-0.05, 0) is 0 Å². The summed E-state index contributed by atoms with van der Waals surface area (Å²) in [5, 5.41) is 4.84. The maximum Gasteiger partial charge on any atom is 0.416 e. The molecule has 0 saturated heterocycles. The van der Waals surface area contributed by atoms with Crippen LogP contribution < -0.4 is 10.6 Å². The number of urea groups is 1. The molecule has 1 heterocycles. The van der Waals surface area contributed by atoms with Crippen LogP contribution in [0, 0.1) is 0 Å². The molecule has 0 aliphatic carbocycles. The summed E-state index contributed by atoms with van der Waals surface area (Å²) in [6, 6.07) is -4.76. The third-order valence-electron chi connectivity index (χ3n) is 1.49. The second kappa shape index (κ2) is 3.31. The average molecular weight is 232 g/mol. The van der Waals surface area contributed by atoms with E-state index in [4.69, 9.17) is 0 Å². The van der Waals surface area contributed by atoms with Gasteiger partial charge in [-0.15, -0.1) is 0 Å². The van der Waals surface area contributed by atoms with Crippen LogP contribution in [0.1, 0.15) is 0 Å². The summed E-state index contributed by atoms with van der Waals surface area (Å²) in [7, 11) is 0. The smallest absolute Gasteiger partial charge is 0.244 e. The van der Waals surface area contributed by atoms with Crippen molar-refractivity contribution in [2.24, 2.45) is 0 Å². The highest BCUT2D eigenvalue weighted by Gasteiger charge is 2.54. The molecule has 2 radical (unpaired) electrons. The predicted molar refractivity (Wildman–Crippen MR) is 33.6 cm³/mol. The highest BCUT2D eigenvalue weighted by Crippen LogP contribution is 2.36. The highest BCUT2D eigenvalue weighted by atomic mass is 19.4. The topological polar surface area (TPSA) is 45.3 Å². The van der Waals surface area contributed by atoms with Crippen LogP contribution >= 0.6 is 0 Å². The van der Waals surface area contributed by atoms with Crippen molar-refractivity contribution in [3.8, 4) is 0 Å². The Morgan fingerprint density at radius 1 is 1.13 bits per heavy atom. The molecule has 1 unspecified atom stereocenters. The lowest BCUT2D eigenvalue weighted by Gasteiger charge is -2.25. The molecular formula is C6H2F6N2O. The van der Waals surface area contributed by atoms with Gasteiger partial charge in [0.05, 0.1) is 5.57 Å². The van der Waals surface area contributed by atoms with E-state index in [-0.39, 0.29) is 6.20 Å². The Labute approximate surface area is 79.1 Å². The van der Waals surface area contributed by atoms with E-state index in [1.165, 1.54) is 0 Å². The normalized spacial score (nSPS) is 22.9. The van der Waals surface area contributed by atoms with Crippen molar-refractivity contribution in [3.05, 3.63) is 11.8 Å². The van der Waals surface area contributed by atoms with E-state index in [0.29, 0.717) is 0 Å². The van der Waals surface area contributed by atoms with Gasteiger partial charge in [-0.2, -0.15) is 26.3 Å². The first-order chi connectivity index (χ1) is 6.62. The summed E-state index contributed by atoms with van der Waals surface area (Å²) in [5.74, 6) is 0. The van der Waals surface area contributed by atoms with Gasteiger partial charge < -0.3 is 0 Å². The summed E-state index contributed by atoms with van der Waals surface area (Å²) in [4.78, 5) is 10.3. The molecule has 3 nitrogen and oxygen atoms in total. The lowest BCUT2D eigenvalue weighted by molar-refractivity contribution is -0.168. The fourth-order valence-electron chi connectivity index (χ4n) is 0.886. The molecule has 84 valence electrons. The summed E-state index contributed by atoms with van der Waals surface area (Å²) >= 11 is 0. The van der Waals surface area contributed by atoms with Gasteiger partial charge in [-0.1, -0.05) is 0 Å². The minimum absolute atomic E-state index is 0.145. The van der Waals surface area contributed by atoms with Crippen molar-refractivity contribution in [1.29, 1.82) is 0 Å². The summed E-state index contributed by atoms with van der Waals surface area (Å²) < 4.78 is 72.3. The number of carbonyl (C=O) groups excluding carboxylic acids is 1. The minimum atomic E-state index is -5.26. The van der Waals surface area contributed by atoms with E-state index in [2.05, 4.69) is 10.6 Å². The van der Waals surface area contributed by atoms with Crippen molar-refractivity contribution in [2.75, 3.05) is 0 Å². The van der Waals surface area contributed by atoms with Crippen LogP contribution in [0.5, 0.6) is 0 Å². The van der Waals surface area contributed by atoms with Crippen molar-refractivity contribution in [1.82, 2.24) is 10.6 Å². The molecule has 1 aliphatic rings. The Kier molecular flexibility index (Phi) is 2.58. The Hall–Kier alpha value is -1.41. The Bertz CT molecular complexity index is 304. The third kappa shape index (κ3) is 2.54. The first-order valence-corrected chi connectivity index (χ1v) is 3.42. The fraction of sp³-hybridized carbons (Fsp3) is 0.500. The first-order valence-electron chi connectivity index (χ1n) is 3.42. The second-order valence-electron chi connectivity index (χ2n) is 2.57. The van der Waals surface area contributed by atoms with E-state index in [9.17, 15) is 31.1 Å². The van der Waals surface area contributed by atoms with Gasteiger partial charge in [0.15, 0.2) is 6.04 Å². The molecule has 1 rings (SSSR count). The minimum Gasteiger partial charge on any atom is -0.244 e. The van der Waals surface area contributed by atoms with Crippen molar-refractivity contribution in [3.63, 3.8) is 0 Å². The van der Waals surface area contributed by atoms with Gasteiger partial charge >= 0.3 is 18.4 Å². The van der Waals surface area contributed by atoms with Crippen LogP contribution in [0.4, 0.5) is 31.1 Å². The lowest BCUT2D eigenvalue weighted by Crippen LogP contribution is -2.49. The molecule has 0 N–H and O–H groups in total. The second-order valence-corrected chi connectivity index (χ2v) is 2.57. The fourth-order valence-corrected chi connectivity index (χ4v) is 0.886. The number of nitrogens with zero attached hydrogens (tertiary/aromatic N) is 2. The van der Waals surface area contributed by atoms with Gasteiger partial charge in [-0.25, -0.2) is 15.4 Å². The molecule has 2 amide bonds. The Morgan fingerprint density at radius 3 is 2.07 bits per heavy atom. The average Bonchev–Trinajstić information content (AvgIpc) is 2.00. The standard InChI is InChI=1S/C6H2F6N2O/c7-5(8,9)2-1-13-4(15)14-3(2)6(10,11)12/h1,3H. The van der Waals surface area contributed by atoms with Crippen LogP contribution in [0.25, 0.3) is 0 Å². The highest BCUT2D eigenvalue weighted by molar-refractivity contribution is 5.77. The summed E-state index contributed by atoms with van der Waals surface area (Å²) in [5.41, 5.74) is -1.99. The molecule has 9 heteroatoms. The number of alkyl halides is 6. The van der Waals surface area contributed by atoms with Crippen LogP contribution in [0.15, 0.2) is 11.8 Å². The lowest BCUT2D eigenvalue weighted by atomic mass is 10.1. The summed E-state index contributed by atoms with van der Waals surface area (Å²) in [6.07, 6.45) is -10.6. The molecule has 0 aromatic rings. The zero-order valence-corrected chi connectivity index (χ0v) is 6.73. The molecule has 0 bridgehead atoms. The SMILES string of the molecule is O=C1[N]C=C(C(F)(F)F)C(C(F)(F)F)[N]1. The largest absolute Gasteiger partial charge is 0.416 e. The van der Waals surface area contributed by atoms with Crippen LogP contribution in [-0.2, 0) is 0 Å². The van der Waals surface area contributed by atoms with E-state index in [1.807, 2.05) is 0 Å². The molecule has 0 saturated carbocycles. The number of rotatable bonds is 0. The Morgan fingerprint density at radius 2 is 1.67 bits per heavy atom. The quantitative estimate of drug-likeness (QED) is 0.586. The van der Waals surface area contributed by atoms with E-state index in [0.717, 1.165) is 0 Å². The zero-order chi connectivity index (χ0) is 11.9. The van der Waals surface area contributed by atoms with E-state index in [1.54, 1.807) is 0 Å². The van der Waals surface area contributed by atoms with Crippen molar-refractivity contribution in [2.45, 2.75) is 18.4 Å². The van der Waals surface area contributed by atoms with E-state index >= 15 is 0 Å². The first kappa shape index (κ1) is 11.7. The maximum absolute atomic E-state index is 12.1. The molecule has 0 fully saturated rings. The van der Waals surface area contributed by atoms with Crippen LogP contribution in [-0.4, -0.2) is 24.4 Å². The zero-order valence-electron chi connectivity index (χ0n) is 6.73. The molecule has 15 heavy (non-hydrogen) atoms. The Balaban J connectivity index is 3.06. The third-order valence-corrected chi connectivity index (χ3v) is 1.49. The van der Waals surface area contributed by atoms with Gasteiger partial charge in [0.2, 0.25) is 0 Å². The molecule has 0 aromatic heterocycles. The van der Waals surface area contributed by atoms with Crippen molar-refractivity contribution < 1.29 is 31.1 Å². The van der Waals surface area contributed by atoms with Crippen LogP contribution in [0.3, 0.4) is 0 Å². The number of carbonyl (C=O) groups is 1. The van der Waals surface area contributed by atoms with Gasteiger partial charge in [0.25, 0.3) is 0 Å². The summed E-state index contributed by atoms with van der Waals surface area (Å²) in [6.45, 7) is 0. The number of amides is 2. The number of hydrogen-bond donors (Lipinski definition) is 0. The predicted octanol–water partition coefficient (Wildman–Crippen LogP) is 1.71. The van der Waals surface area contributed by atoms with Gasteiger partial charge in [-0.3, -0.25) is 0 Å². The molecule has 1 aliphatic heterocycles. The van der Waals surface area contributed by atoms with Gasteiger partial charge in [0.1, 0.15) is 0 Å². The number of hydrogen-bond acceptors (Lipinski definition) is 1. The molecule has 0 aromatic carbocycles. The number of halogens is 6.